The average molecular weight is 467 g/mol. The van der Waals surface area contributed by atoms with E-state index in [9.17, 15) is 19.5 Å². The number of carbonyl (C=O) groups is 3. The van der Waals surface area contributed by atoms with Crippen molar-refractivity contribution in [3.63, 3.8) is 0 Å². The zero-order valence-corrected chi connectivity index (χ0v) is 18.9. The fourth-order valence-electron chi connectivity index (χ4n) is 2.87. The minimum absolute atomic E-state index is 0.0436. The van der Waals surface area contributed by atoms with Crippen molar-refractivity contribution in [1.29, 1.82) is 0 Å². The molecule has 1 aromatic carbocycles. The van der Waals surface area contributed by atoms with E-state index in [0.717, 1.165) is 12.0 Å². The van der Waals surface area contributed by atoms with Gasteiger partial charge in [-0.1, -0.05) is 36.5 Å². The molecule has 1 aliphatic rings. The molecule has 1 aromatic rings. The molecule has 0 aliphatic carbocycles. The molecule has 0 atom stereocenters. The SMILES string of the molecule is CCOc1cc(/C=C2\SC(=S)N(CCCCCC(=O)NCCC(=O)O)C2=O)ccc1O. The highest BCUT2D eigenvalue weighted by atomic mass is 32.2. The number of unbranched alkanes of at least 4 members (excludes halogenated alkanes) is 2. The molecule has 2 amide bonds. The van der Waals surface area contributed by atoms with E-state index in [2.05, 4.69) is 5.32 Å². The van der Waals surface area contributed by atoms with Gasteiger partial charge in [-0.3, -0.25) is 19.3 Å². The van der Waals surface area contributed by atoms with Gasteiger partial charge in [0.2, 0.25) is 5.91 Å². The first kappa shape index (κ1) is 24.7. The third-order valence-electron chi connectivity index (χ3n) is 4.40. The molecule has 1 fully saturated rings. The van der Waals surface area contributed by atoms with Crippen molar-refractivity contribution >= 4 is 52.2 Å². The third kappa shape index (κ3) is 7.87. The van der Waals surface area contributed by atoms with Crippen LogP contribution in [0.5, 0.6) is 11.5 Å². The van der Waals surface area contributed by atoms with Crippen LogP contribution in [0.15, 0.2) is 23.1 Å². The highest BCUT2D eigenvalue weighted by Gasteiger charge is 2.31. The lowest BCUT2D eigenvalue weighted by Gasteiger charge is -2.14. The number of carbonyl (C=O) groups excluding carboxylic acids is 2. The molecule has 31 heavy (non-hydrogen) atoms. The zero-order chi connectivity index (χ0) is 22.8. The van der Waals surface area contributed by atoms with E-state index in [0.29, 0.717) is 47.4 Å². The molecule has 0 aromatic heterocycles. The molecule has 8 nitrogen and oxygen atoms in total. The number of phenolic OH excluding ortho intramolecular Hbond substituents is 1. The lowest BCUT2D eigenvalue weighted by atomic mass is 10.1. The van der Waals surface area contributed by atoms with E-state index < -0.39 is 5.97 Å². The van der Waals surface area contributed by atoms with E-state index in [1.54, 1.807) is 23.1 Å². The fourth-order valence-corrected chi connectivity index (χ4v) is 4.17. The van der Waals surface area contributed by atoms with Gasteiger partial charge in [0, 0.05) is 19.5 Å². The quantitative estimate of drug-likeness (QED) is 0.244. The number of nitrogens with zero attached hydrogens (tertiary/aromatic N) is 1. The maximum absolute atomic E-state index is 12.7. The molecular formula is C21H26N2O6S2. The van der Waals surface area contributed by atoms with Crippen LogP contribution in [-0.4, -0.2) is 56.9 Å². The first-order valence-corrected chi connectivity index (χ1v) is 11.2. The van der Waals surface area contributed by atoms with Crippen molar-refractivity contribution in [2.45, 2.75) is 39.0 Å². The van der Waals surface area contributed by atoms with Gasteiger partial charge in [0.15, 0.2) is 11.5 Å². The molecule has 0 radical (unpaired) electrons. The number of carboxylic acids is 1. The van der Waals surface area contributed by atoms with Gasteiger partial charge in [-0.25, -0.2) is 0 Å². The smallest absolute Gasteiger partial charge is 0.305 e. The van der Waals surface area contributed by atoms with Crippen molar-refractivity contribution in [3.8, 4) is 11.5 Å². The lowest BCUT2D eigenvalue weighted by Crippen LogP contribution is -2.29. The average Bonchev–Trinajstić information content (AvgIpc) is 2.97. The number of rotatable bonds is 12. The summed E-state index contributed by atoms with van der Waals surface area (Å²) in [5, 5.41) is 20.9. The minimum Gasteiger partial charge on any atom is -0.504 e. The molecular weight excluding hydrogens is 440 g/mol. The second-order valence-corrected chi connectivity index (χ2v) is 8.47. The van der Waals surface area contributed by atoms with Crippen molar-refractivity contribution in [2.75, 3.05) is 19.7 Å². The fraction of sp³-hybridized carbons (Fsp3) is 0.429. The highest BCUT2D eigenvalue weighted by molar-refractivity contribution is 8.26. The number of hydrogen-bond donors (Lipinski definition) is 3. The van der Waals surface area contributed by atoms with Crippen LogP contribution in [0.2, 0.25) is 0 Å². The summed E-state index contributed by atoms with van der Waals surface area (Å²) in [6.45, 7) is 2.85. The number of aliphatic carboxylic acids is 1. The molecule has 10 heteroatoms. The molecule has 1 saturated heterocycles. The summed E-state index contributed by atoms with van der Waals surface area (Å²) in [4.78, 5) is 36.8. The van der Waals surface area contributed by atoms with Gasteiger partial charge >= 0.3 is 5.97 Å². The second kappa shape index (κ2) is 12.3. The van der Waals surface area contributed by atoms with Gasteiger partial charge in [0.1, 0.15) is 4.32 Å². The zero-order valence-electron chi connectivity index (χ0n) is 17.3. The summed E-state index contributed by atoms with van der Waals surface area (Å²) < 4.78 is 5.87. The maximum atomic E-state index is 12.7. The Morgan fingerprint density at radius 3 is 2.74 bits per heavy atom. The van der Waals surface area contributed by atoms with Crippen LogP contribution in [0.3, 0.4) is 0 Å². The molecule has 3 N–H and O–H groups in total. The largest absolute Gasteiger partial charge is 0.504 e. The Labute approximate surface area is 190 Å². The normalized spacial score (nSPS) is 14.9. The first-order chi connectivity index (χ1) is 14.8. The van der Waals surface area contributed by atoms with Crippen LogP contribution < -0.4 is 10.1 Å². The number of carboxylic acid groups (broad SMARTS) is 1. The van der Waals surface area contributed by atoms with Crippen LogP contribution in [-0.2, 0) is 14.4 Å². The minimum atomic E-state index is -0.946. The molecule has 0 saturated carbocycles. The van der Waals surface area contributed by atoms with E-state index in [-0.39, 0.29) is 30.5 Å². The summed E-state index contributed by atoms with van der Waals surface area (Å²) >= 11 is 6.57. The number of phenols is 1. The summed E-state index contributed by atoms with van der Waals surface area (Å²) in [6.07, 6.45) is 4.06. The number of ether oxygens (including phenoxy) is 1. The summed E-state index contributed by atoms with van der Waals surface area (Å²) in [5.74, 6) is -0.874. The van der Waals surface area contributed by atoms with Gasteiger partial charge < -0.3 is 20.3 Å². The number of nitrogens with one attached hydrogen (secondary N) is 1. The highest BCUT2D eigenvalue weighted by Crippen LogP contribution is 2.34. The number of thioether (sulfide) groups is 1. The third-order valence-corrected chi connectivity index (χ3v) is 5.78. The Morgan fingerprint density at radius 2 is 2.03 bits per heavy atom. The lowest BCUT2D eigenvalue weighted by molar-refractivity contribution is -0.137. The Balaban J connectivity index is 1.80. The predicted octanol–water partition coefficient (Wildman–Crippen LogP) is 3.14. The topological polar surface area (TPSA) is 116 Å². The molecule has 0 spiro atoms. The van der Waals surface area contributed by atoms with Crippen LogP contribution >= 0.6 is 24.0 Å². The number of amides is 2. The van der Waals surface area contributed by atoms with Gasteiger partial charge in [-0.2, -0.15) is 0 Å². The van der Waals surface area contributed by atoms with Crippen LogP contribution in [0.1, 0.15) is 44.6 Å². The Morgan fingerprint density at radius 1 is 1.26 bits per heavy atom. The Bertz CT molecular complexity index is 871. The van der Waals surface area contributed by atoms with Crippen LogP contribution in [0.25, 0.3) is 6.08 Å². The molecule has 1 heterocycles. The van der Waals surface area contributed by atoms with Crippen molar-refractivity contribution in [1.82, 2.24) is 10.2 Å². The van der Waals surface area contributed by atoms with Crippen LogP contribution in [0, 0.1) is 0 Å². The van der Waals surface area contributed by atoms with Crippen molar-refractivity contribution < 1.29 is 29.3 Å². The van der Waals surface area contributed by atoms with E-state index >= 15 is 0 Å². The molecule has 1 aliphatic heterocycles. The summed E-state index contributed by atoms with van der Waals surface area (Å²) in [5.41, 5.74) is 0.732. The molecule has 168 valence electrons. The number of hydrogen-bond acceptors (Lipinski definition) is 7. The monoisotopic (exact) mass is 466 g/mol. The first-order valence-electron chi connectivity index (χ1n) is 10.0. The van der Waals surface area contributed by atoms with E-state index in [1.165, 1.54) is 17.8 Å². The Hall–Kier alpha value is -2.59. The predicted molar refractivity (Wildman–Crippen MR) is 123 cm³/mol. The number of aromatic hydroxyl groups is 1. The molecule has 0 unspecified atom stereocenters. The number of thiocarbonyl (C=S) groups is 1. The van der Waals surface area contributed by atoms with E-state index in [1.807, 2.05) is 6.92 Å². The van der Waals surface area contributed by atoms with Crippen LogP contribution in [0.4, 0.5) is 0 Å². The van der Waals surface area contributed by atoms with Crippen molar-refractivity contribution in [3.05, 3.63) is 28.7 Å². The maximum Gasteiger partial charge on any atom is 0.305 e. The van der Waals surface area contributed by atoms with Gasteiger partial charge in [0.25, 0.3) is 5.91 Å². The van der Waals surface area contributed by atoms with Crippen molar-refractivity contribution in [2.24, 2.45) is 0 Å². The second-order valence-electron chi connectivity index (χ2n) is 6.80. The van der Waals surface area contributed by atoms with Gasteiger partial charge in [-0.05, 0) is 43.5 Å². The van der Waals surface area contributed by atoms with E-state index in [4.69, 9.17) is 22.1 Å². The van der Waals surface area contributed by atoms with Gasteiger partial charge in [0.05, 0.1) is 17.9 Å². The summed E-state index contributed by atoms with van der Waals surface area (Å²) in [7, 11) is 0. The Kier molecular flexibility index (Phi) is 9.80. The molecule has 0 bridgehead atoms. The number of benzene rings is 1. The van der Waals surface area contributed by atoms with Gasteiger partial charge in [-0.15, -0.1) is 0 Å². The standard InChI is InChI=1S/C21H26N2O6S2/c1-2-29-16-12-14(7-8-15(16)24)13-17-20(28)23(21(30)31-17)11-5-3-4-6-18(25)22-10-9-19(26)27/h7-8,12-13,24H,2-6,9-11H2,1H3,(H,22,25)(H,26,27)/b17-13-. The molecule has 2 rings (SSSR count). The summed E-state index contributed by atoms with van der Waals surface area (Å²) in [6, 6.07) is 4.90.